The van der Waals surface area contributed by atoms with E-state index in [2.05, 4.69) is 49.1 Å². The molecule has 0 atom stereocenters. The largest absolute Gasteiger partial charge is 1.00 e. The van der Waals surface area contributed by atoms with Crippen LogP contribution in [0.3, 0.4) is 0 Å². The topological polar surface area (TPSA) is 580 Å². The molecule has 0 fully saturated rings. The zero-order valence-corrected chi connectivity index (χ0v) is 64.9. The minimum absolute atomic E-state index is 0. The number of nitrogens with two attached hydrogens (primary N) is 1. The van der Waals surface area contributed by atoms with E-state index in [4.69, 9.17) is 5.73 Å². The Balaban J connectivity index is 0.0000123. The Labute approximate surface area is 647 Å². The summed E-state index contributed by atoms with van der Waals surface area (Å²) in [4.78, 5) is 5.23. The molecule has 4 N–H and O–H groups in total. The number of nitrogens with one attached hydrogen (secondary N) is 1. The Morgan fingerprint density at radius 2 is 1.07 bits per heavy atom. The molecule has 0 saturated carbocycles. The van der Waals surface area contributed by atoms with Gasteiger partial charge in [0.25, 0.3) is 0 Å². The second kappa shape index (κ2) is 34.3. The first-order valence-corrected chi connectivity index (χ1v) is 32.6. The van der Waals surface area contributed by atoms with E-state index in [-0.39, 0.29) is 223 Å². The van der Waals surface area contributed by atoms with Crippen LogP contribution in [0.5, 0.6) is 5.75 Å². The van der Waals surface area contributed by atoms with E-state index in [1.54, 1.807) is 6.07 Å². The molecule has 0 amide bonds. The predicted octanol–water partition coefficient (Wildman–Crippen LogP) is -17.1. The van der Waals surface area contributed by atoms with Gasteiger partial charge >= 0.3 is 205 Å². The van der Waals surface area contributed by atoms with Crippen LogP contribution >= 0.6 is 0 Å². The molecule has 0 spiro atoms. The van der Waals surface area contributed by atoms with Gasteiger partial charge in [-0.05, 0) is 66.0 Å². The third-order valence-electron chi connectivity index (χ3n) is 10.1. The van der Waals surface area contributed by atoms with Crippen LogP contribution in [0.1, 0.15) is 0 Å². The molecule has 5 aromatic carbocycles. The van der Waals surface area contributed by atoms with Crippen LogP contribution in [-0.4, -0.2) is 152 Å². The maximum absolute atomic E-state index is 15.1. The maximum Gasteiger partial charge on any atom is 1.00 e. The molecule has 87 heavy (non-hydrogen) atoms. The molecule has 0 aliphatic rings. The van der Waals surface area contributed by atoms with Crippen molar-refractivity contribution in [2.24, 2.45) is 20.5 Å². The van der Waals surface area contributed by atoms with Gasteiger partial charge in [-0.3, -0.25) is 8.37 Å². The molecule has 6 aromatic rings. The van der Waals surface area contributed by atoms with Crippen molar-refractivity contribution < 1.29 is 312 Å². The molecule has 1 heterocycles. The van der Waals surface area contributed by atoms with E-state index in [0.29, 0.717) is 24.3 Å². The quantitative estimate of drug-likeness (QED) is 0.0166. The Morgan fingerprint density at radius 1 is 0.563 bits per heavy atom. The number of para-hydroxylation sites is 1. The van der Waals surface area contributed by atoms with Crippen molar-refractivity contribution in [3.8, 4) is 5.75 Å². The van der Waals surface area contributed by atoms with Crippen LogP contribution in [-0.2, 0) is 89.3 Å². The van der Waals surface area contributed by atoms with Gasteiger partial charge in [-0.25, -0.2) is 67.3 Å². The molecule has 6 rings (SSSR count). The van der Waals surface area contributed by atoms with Crippen LogP contribution in [0.25, 0.3) is 10.8 Å². The number of phenols is 1. The van der Waals surface area contributed by atoms with E-state index in [0.717, 1.165) is 11.0 Å². The first-order valence-electron chi connectivity index (χ1n) is 20.9. The fourth-order valence-electron chi connectivity index (χ4n) is 6.71. The Kier molecular flexibility index (Phi) is 34.2. The van der Waals surface area contributed by atoms with E-state index in [1.807, 2.05) is 0 Å². The predicted molar refractivity (Wildman–Crippen MR) is 262 cm³/mol. The van der Waals surface area contributed by atoms with Gasteiger partial charge in [0.15, 0.2) is 25.4 Å². The third-order valence-corrected chi connectivity index (χ3v) is 17.8. The zero-order chi connectivity index (χ0) is 60.5. The summed E-state index contributed by atoms with van der Waals surface area (Å²) in [6.45, 7) is -2.87. The van der Waals surface area contributed by atoms with Crippen LogP contribution in [0, 0.1) is 6.08 Å². The molecule has 0 saturated heterocycles. The fourth-order valence-corrected chi connectivity index (χ4v) is 12.2. The summed E-state index contributed by atoms with van der Waals surface area (Å²) < 4.78 is 288. The number of hydrogen-bond acceptors (Lipinski definition) is 35. The smallest absolute Gasteiger partial charge is 0.744 e. The van der Waals surface area contributed by atoms with Crippen molar-refractivity contribution in [2.45, 2.75) is 24.5 Å². The molecule has 35 nitrogen and oxygen atoms in total. The summed E-state index contributed by atoms with van der Waals surface area (Å²) in [6.07, 6.45) is -1.53. The number of halogens is 1. The average Bonchev–Trinajstić information content (AvgIpc) is 0.930. The molecule has 50 heteroatoms. The maximum atomic E-state index is 15.1. The number of anilines is 5. The number of sulfone groups is 2. The van der Waals surface area contributed by atoms with Crippen molar-refractivity contribution in [3.63, 3.8) is 0 Å². The summed E-state index contributed by atoms with van der Waals surface area (Å²) in [5.41, 5.74) is -0.289. The molecule has 438 valence electrons. The number of nitrogen functional groups attached to an aromatic ring is 1. The van der Waals surface area contributed by atoms with Gasteiger partial charge in [-0.15, -0.1) is 20.5 Å². The number of phenolic OH excluding ortho intramolecular Hbond substituents is 1. The number of nitrogens with zero attached hydrogens (tertiary/aromatic N) is 8. The number of benzene rings is 5. The molecular weight excluding hydrogens is 1410 g/mol. The van der Waals surface area contributed by atoms with Gasteiger partial charge in [0, 0.05) is 17.9 Å². The van der Waals surface area contributed by atoms with Crippen LogP contribution in [0.2, 0.25) is 0 Å². The normalized spacial score (nSPS) is 12.4. The minimum atomic E-state index is -5.94. The zero-order valence-electron chi connectivity index (χ0n) is 45.3. The Bertz CT molecular complexity index is 4560. The summed E-state index contributed by atoms with van der Waals surface area (Å²) in [5.74, 6) is -5.93. The second-order valence-electron chi connectivity index (χ2n) is 15.6. The summed E-state index contributed by atoms with van der Waals surface area (Å²) in [5, 5.41) is 25.9. The van der Waals surface area contributed by atoms with Gasteiger partial charge < -0.3 is 48.4 Å². The average molecular weight is 1440 g/mol. The van der Waals surface area contributed by atoms with Crippen LogP contribution in [0.4, 0.5) is 56.1 Å². The van der Waals surface area contributed by atoms with Crippen LogP contribution < -0.4 is 215 Å². The van der Waals surface area contributed by atoms with Gasteiger partial charge in [-0.1, -0.05) is 18.2 Å². The number of aromatic nitrogens is 3. The molecule has 0 aliphatic heterocycles. The molecule has 0 bridgehead atoms. The Morgan fingerprint density at radius 3 is 1.60 bits per heavy atom. The number of rotatable bonds is 24. The summed E-state index contributed by atoms with van der Waals surface area (Å²) >= 11 is 0. The molecule has 0 radical (unpaired) electrons. The van der Waals surface area contributed by atoms with E-state index >= 15 is 4.39 Å². The van der Waals surface area contributed by atoms with E-state index < -0.39 is 211 Å². The standard InChI is InChI=1S/C37H35FN10O25S8.K.5Na/c38-35-41-36(43-37(42-35)48(22-4-2-1-3-5-22)10-13-74(50,51)14-11-72-80(66,67)68)40-21-6-9-26(76(54,55)56)25(18-21)45-47-33-29(79(63,64)65)17-20-16-28(78(60,61)62)32(31(39)30(20)34(33)49)46-44-24-8-7-23(19-27(24)77(57,58)59)75(52,53)15-12-73-81(69,70)71;;;;;;/h1-9,16-19,49H,10-15,39H2,(H,54,55,56)(H,57,58,59)(H,60,61,62)(H,63,64,65)(H,66,67,68)(H,69,70,71)(H,40,41,42,43);;;;;;/q;6*+1/p-6. The van der Waals surface area contributed by atoms with Crippen LogP contribution in [0.15, 0.2) is 124 Å². The molecular formula is C37H29FKN10Na5O25S8. The molecule has 1 aromatic heterocycles. The number of hydrogen-bond donors (Lipinski definition) is 3. The molecule has 0 aliphatic carbocycles. The van der Waals surface area contributed by atoms with Crippen molar-refractivity contribution in [3.05, 3.63) is 84.9 Å². The minimum Gasteiger partial charge on any atom is -0.744 e. The first-order chi connectivity index (χ1) is 37.1. The van der Waals surface area contributed by atoms with Crippen molar-refractivity contribution >= 4 is 143 Å². The molecule has 0 unspecified atom stereocenters. The monoisotopic (exact) mass is 1440 g/mol. The van der Waals surface area contributed by atoms with E-state index in [1.165, 1.54) is 24.3 Å². The summed E-state index contributed by atoms with van der Waals surface area (Å²) in [7, 11) is -42.9. The van der Waals surface area contributed by atoms with Crippen molar-refractivity contribution in [1.82, 2.24) is 15.0 Å². The number of aromatic hydroxyl groups is 1. The summed E-state index contributed by atoms with van der Waals surface area (Å²) in [6, 6.07) is 11.1. The van der Waals surface area contributed by atoms with Gasteiger partial charge in [0.1, 0.15) is 63.2 Å². The first kappa shape index (κ1) is 86.6. The third kappa shape index (κ3) is 24.7. The van der Waals surface area contributed by atoms with Gasteiger partial charge in [-0.2, -0.15) is 19.3 Å². The van der Waals surface area contributed by atoms with Crippen molar-refractivity contribution in [2.75, 3.05) is 53.0 Å². The van der Waals surface area contributed by atoms with Gasteiger partial charge in [0.2, 0.25) is 32.7 Å². The van der Waals surface area contributed by atoms with Crippen molar-refractivity contribution in [1.29, 1.82) is 0 Å². The Hall–Kier alpha value is -0.384. The van der Waals surface area contributed by atoms with Gasteiger partial charge in [0.05, 0.1) is 66.0 Å². The van der Waals surface area contributed by atoms with E-state index in [9.17, 15) is 99.8 Å². The second-order valence-corrected chi connectivity index (χ2v) is 27.5. The fraction of sp³-hybridized carbons (Fsp3) is 0.162. The SMILES string of the molecule is Nc1c(N=Nc2ccc(S(=O)(=O)CCOS(=O)(=O)[O-])cc2S(=O)(=O)[O-])c(S(=O)(=O)[O-])cc2cc(S(=O)(=O)[O-])c(N=Nc3cc(Nc4nc(F)nc(N(CCS(=O)(=O)CCOS(=O)(=O)[O-])c5ccccc5)n4)ccc3S(=O)(=O)[O-])c(O)c12.[K+].[Na+].[Na+].[Na+].[Na+].[Na+]. The number of azo groups is 2. The number of fused-ring (bicyclic) bond motifs is 1.